The number of hydrogen-bond donors (Lipinski definition) is 2. The van der Waals surface area contributed by atoms with Crippen molar-refractivity contribution in [2.24, 2.45) is 0 Å². The number of nitrogens with one attached hydrogen (secondary N) is 2. The lowest BCUT2D eigenvalue weighted by Crippen LogP contribution is -2.42. The van der Waals surface area contributed by atoms with Crippen LogP contribution in [0, 0.1) is 0 Å². The van der Waals surface area contributed by atoms with Crippen LogP contribution in [0.5, 0.6) is 5.75 Å². The fraction of sp³-hybridized carbons (Fsp3) is 0.381. The van der Waals surface area contributed by atoms with Crippen molar-refractivity contribution < 1.29 is 4.74 Å². The molecule has 2 aromatic carbocycles. The van der Waals surface area contributed by atoms with Gasteiger partial charge >= 0.3 is 0 Å². The minimum atomic E-state index is -0.222. The van der Waals surface area contributed by atoms with Gasteiger partial charge in [-0.15, -0.1) is 0 Å². The maximum absolute atomic E-state index is 6.08. The molecule has 0 aliphatic carbocycles. The number of thiocarbonyl (C=S) groups is 1. The molecule has 2 N–H and O–H groups in total. The van der Waals surface area contributed by atoms with Gasteiger partial charge in [0, 0.05) is 17.7 Å². The Morgan fingerprint density at radius 1 is 1.12 bits per heavy atom. The average Bonchev–Trinajstić information content (AvgIpc) is 2.54. The van der Waals surface area contributed by atoms with Crippen molar-refractivity contribution >= 4 is 23.0 Å². The lowest BCUT2D eigenvalue weighted by Gasteiger charge is -2.38. The summed E-state index contributed by atoms with van der Waals surface area (Å²) >= 11 is 5.54. The maximum Gasteiger partial charge on any atom is 0.171 e. The topological polar surface area (TPSA) is 33.3 Å². The van der Waals surface area contributed by atoms with Gasteiger partial charge in [-0.3, -0.25) is 0 Å². The molecule has 0 spiro atoms. The maximum atomic E-state index is 6.08. The Kier molecular flexibility index (Phi) is 5.00. The first kappa shape index (κ1) is 17.7. The molecule has 132 valence electrons. The summed E-state index contributed by atoms with van der Waals surface area (Å²) in [5.41, 5.74) is 3.26. The van der Waals surface area contributed by atoms with Crippen LogP contribution >= 0.6 is 12.2 Å². The van der Waals surface area contributed by atoms with E-state index in [9.17, 15) is 0 Å². The second-order valence-corrected chi connectivity index (χ2v) is 7.94. The predicted molar refractivity (Wildman–Crippen MR) is 108 cm³/mol. The molecule has 1 aliphatic rings. The third-order valence-corrected chi connectivity index (χ3v) is 4.74. The summed E-state index contributed by atoms with van der Waals surface area (Å²) < 4.78 is 6.08. The molecule has 0 unspecified atom stereocenters. The van der Waals surface area contributed by atoms with Crippen molar-refractivity contribution in [3.8, 4) is 5.75 Å². The van der Waals surface area contributed by atoms with Gasteiger partial charge in [-0.1, -0.05) is 44.2 Å². The van der Waals surface area contributed by atoms with Crippen LogP contribution in [-0.2, 0) is 0 Å². The molecule has 0 bridgehead atoms. The van der Waals surface area contributed by atoms with E-state index < -0.39 is 0 Å². The fourth-order valence-electron chi connectivity index (χ4n) is 3.21. The molecular formula is C21H26N2OS. The number of fused-ring (bicyclic) bond motifs is 1. The Hall–Kier alpha value is -2.07. The average molecular weight is 355 g/mol. The minimum absolute atomic E-state index is 0.134. The summed E-state index contributed by atoms with van der Waals surface area (Å²) in [6, 6.07) is 16.7. The van der Waals surface area contributed by atoms with Crippen LogP contribution in [0.2, 0.25) is 0 Å². The van der Waals surface area contributed by atoms with Gasteiger partial charge in [-0.05, 0) is 55.7 Å². The van der Waals surface area contributed by atoms with Crippen LogP contribution in [0.3, 0.4) is 0 Å². The first-order valence-corrected chi connectivity index (χ1v) is 9.20. The summed E-state index contributed by atoms with van der Waals surface area (Å²) in [5.74, 6) is 1.46. The molecule has 0 saturated heterocycles. The van der Waals surface area contributed by atoms with Gasteiger partial charge in [0.2, 0.25) is 0 Å². The van der Waals surface area contributed by atoms with Gasteiger partial charge < -0.3 is 15.4 Å². The number of para-hydroxylation sites is 1. The fourth-order valence-corrected chi connectivity index (χ4v) is 3.47. The Labute approximate surface area is 155 Å². The van der Waals surface area contributed by atoms with Crippen LogP contribution in [0.4, 0.5) is 5.69 Å². The predicted octanol–water partition coefficient (Wildman–Crippen LogP) is 5.40. The second kappa shape index (κ2) is 7.04. The Balaban J connectivity index is 1.70. The highest BCUT2D eigenvalue weighted by molar-refractivity contribution is 7.80. The molecule has 2 aromatic rings. The van der Waals surface area contributed by atoms with Gasteiger partial charge in [-0.25, -0.2) is 0 Å². The Bertz CT molecular complexity index is 753. The Morgan fingerprint density at radius 2 is 1.80 bits per heavy atom. The van der Waals surface area contributed by atoms with E-state index in [2.05, 4.69) is 68.7 Å². The van der Waals surface area contributed by atoms with E-state index in [0.29, 0.717) is 11.0 Å². The Morgan fingerprint density at radius 3 is 2.48 bits per heavy atom. The third kappa shape index (κ3) is 4.31. The highest BCUT2D eigenvalue weighted by Crippen LogP contribution is 2.39. The summed E-state index contributed by atoms with van der Waals surface area (Å²) in [6.45, 7) is 8.61. The monoisotopic (exact) mass is 354 g/mol. The zero-order valence-corrected chi connectivity index (χ0v) is 16.1. The lowest BCUT2D eigenvalue weighted by molar-refractivity contribution is 0.0697. The van der Waals surface area contributed by atoms with Gasteiger partial charge in [0.1, 0.15) is 11.4 Å². The number of hydrogen-bond acceptors (Lipinski definition) is 2. The van der Waals surface area contributed by atoms with E-state index in [4.69, 9.17) is 17.0 Å². The van der Waals surface area contributed by atoms with Crippen molar-refractivity contribution in [2.45, 2.75) is 51.7 Å². The minimum Gasteiger partial charge on any atom is -0.487 e. The number of anilines is 1. The number of ether oxygens (including phenoxy) is 1. The molecule has 1 atom stereocenters. The van der Waals surface area contributed by atoms with Crippen molar-refractivity contribution in [3.63, 3.8) is 0 Å². The van der Waals surface area contributed by atoms with Crippen LogP contribution in [0.15, 0.2) is 48.5 Å². The molecule has 0 amide bonds. The summed E-state index contributed by atoms with van der Waals surface area (Å²) in [5, 5.41) is 7.38. The zero-order valence-electron chi connectivity index (χ0n) is 15.3. The van der Waals surface area contributed by atoms with Gasteiger partial charge in [0.05, 0.1) is 6.04 Å². The van der Waals surface area contributed by atoms with E-state index in [1.807, 2.05) is 18.2 Å². The first-order chi connectivity index (χ1) is 11.8. The first-order valence-electron chi connectivity index (χ1n) is 8.79. The molecule has 1 heterocycles. The van der Waals surface area contributed by atoms with Gasteiger partial charge in [0.25, 0.3) is 0 Å². The van der Waals surface area contributed by atoms with E-state index in [1.165, 1.54) is 5.56 Å². The SMILES string of the molecule is CC(C)c1ccc(NC(=S)N[C@@H]2CC(C)(C)Oc3ccccc32)cc1. The molecule has 25 heavy (non-hydrogen) atoms. The van der Waals surface area contributed by atoms with Gasteiger partial charge in [-0.2, -0.15) is 0 Å². The van der Waals surface area contributed by atoms with Crippen molar-refractivity contribution in [1.29, 1.82) is 0 Å². The van der Waals surface area contributed by atoms with Crippen LogP contribution < -0.4 is 15.4 Å². The molecule has 0 fully saturated rings. The van der Waals surface area contributed by atoms with E-state index in [1.54, 1.807) is 0 Å². The van der Waals surface area contributed by atoms with E-state index >= 15 is 0 Å². The molecule has 0 saturated carbocycles. The second-order valence-electron chi connectivity index (χ2n) is 7.53. The van der Waals surface area contributed by atoms with Crippen molar-refractivity contribution in [1.82, 2.24) is 5.32 Å². The number of benzene rings is 2. The number of rotatable bonds is 3. The van der Waals surface area contributed by atoms with Crippen LogP contribution in [0.1, 0.15) is 57.2 Å². The van der Waals surface area contributed by atoms with E-state index in [-0.39, 0.29) is 11.6 Å². The standard InChI is InChI=1S/C21H26N2OS/c1-14(2)15-9-11-16(12-10-15)22-20(25)23-18-13-21(3,4)24-19-8-6-5-7-17(18)19/h5-12,14,18H,13H2,1-4H3,(H2,22,23,25)/t18-/m1/s1. The molecule has 0 radical (unpaired) electrons. The lowest BCUT2D eigenvalue weighted by atomic mass is 9.90. The molecule has 3 nitrogen and oxygen atoms in total. The van der Waals surface area contributed by atoms with Crippen molar-refractivity contribution in [2.75, 3.05) is 5.32 Å². The quantitative estimate of drug-likeness (QED) is 0.723. The molecule has 3 rings (SSSR count). The third-order valence-electron chi connectivity index (χ3n) is 4.52. The molecule has 0 aromatic heterocycles. The summed E-state index contributed by atoms with van der Waals surface area (Å²) in [7, 11) is 0. The van der Waals surface area contributed by atoms with E-state index in [0.717, 1.165) is 23.4 Å². The molecular weight excluding hydrogens is 328 g/mol. The normalized spacial score (nSPS) is 18.2. The summed E-state index contributed by atoms with van der Waals surface area (Å²) in [4.78, 5) is 0. The summed E-state index contributed by atoms with van der Waals surface area (Å²) in [6.07, 6.45) is 0.859. The van der Waals surface area contributed by atoms with Gasteiger partial charge in [0.15, 0.2) is 5.11 Å². The molecule has 4 heteroatoms. The molecule has 1 aliphatic heterocycles. The van der Waals surface area contributed by atoms with Crippen molar-refractivity contribution in [3.05, 3.63) is 59.7 Å². The largest absolute Gasteiger partial charge is 0.487 e. The van der Waals surface area contributed by atoms with Crippen LogP contribution in [-0.4, -0.2) is 10.7 Å². The smallest absolute Gasteiger partial charge is 0.171 e. The highest BCUT2D eigenvalue weighted by Gasteiger charge is 2.33. The van der Waals surface area contributed by atoms with Crippen LogP contribution in [0.25, 0.3) is 0 Å². The highest BCUT2D eigenvalue weighted by atomic mass is 32.1. The zero-order chi connectivity index (χ0) is 18.0.